The number of halogens is 3. The molecule has 0 radical (unpaired) electrons. The molecular formula is C22H20F3N5. The van der Waals surface area contributed by atoms with Gasteiger partial charge in [0.1, 0.15) is 11.4 Å². The van der Waals surface area contributed by atoms with Crippen LogP contribution < -0.4 is 10.6 Å². The van der Waals surface area contributed by atoms with E-state index in [0.717, 1.165) is 11.8 Å². The molecule has 0 saturated heterocycles. The van der Waals surface area contributed by atoms with Crippen LogP contribution >= 0.6 is 0 Å². The smallest absolute Gasteiger partial charge is 0.339 e. The summed E-state index contributed by atoms with van der Waals surface area (Å²) >= 11 is 0. The number of hydrogen-bond acceptors (Lipinski definition) is 5. The van der Waals surface area contributed by atoms with E-state index < -0.39 is 11.7 Å². The summed E-state index contributed by atoms with van der Waals surface area (Å²) in [5.41, 5.74) is 1.55. The van der Waals surface area contributed by atoms with Crippen LogP contribution in [0.15, 0.2) is 54.7 Å². The summed E-state index contributed by atoms with van der Waals surface area (Å²) in [5, 5.41) is 14.6. The highest BCUT2D eigenvalue weighted by molar-refractivity contribution is 5.65. The molecule has 3 rings (SSSR count). The van der Waals surface area contributed by atoms with Crippen LogP contribution in [0.5, 0.6) is 0 Å². The molecule has 2 aromatic carbocycles. The third kappa shape index (κ3) is 5.26. The van der Waals surface area contributed by atoms with Crippen molar-refractivity contribution < 1.29 is 13.2 Å². The van der Waals surface area contributed by atoms with Gasteiger partial charge in [0.2, 0.25) is 5.95 Å². The van der Waals surface area contributed by atoms with Crippen LogP contribution in [0.4, 0.5) is 36.3 Å². The molecule has 3 aromatic rings. The van der Waals surface area contributed by atoms with Crippen molar-refractivity contribution in [2.75, 3.05) is 10.6 Å². The highest BCUT2D eigenvalue weighted by Crippen LogP contribution is 2.36. The SMILES string of the molecule is CC(C)Cc1ccccc1Nc1nc(Nc2ccc(C#N)cc2)ncc1C(F)(F)F. The molecule has 8 heteroatoms. The van der Waals surface area contributed by atoms with Crippen molar-refractivity contribution in [2.45, 2.75) is 26.4 Å². The Morgan fingerprint density at radius 1 is 1.03 bits per heavy atom. The van der Waals surface area contributed by atoms with Gasteiger partial charge in [-0.15, -0.1) is 0 Å². The van der Waals surface area contributed by atoms with E-state index in [-0.39, 0.29) is 11.8 Å². The first kappa shape index (κ1) is 21.1. The second-order valence-corrected chi connectivity index (χ2v) is 7.15. The number of aromatic nitrogens is 2. The summed E-state index contributed by atoms with van der Waals surface area (Å²) in [6, 6.07) is 15.7. The van der Waals surface area contributed by atoms with Crippen molar-refractivity contribution >= 4 is 23.1 Å². The van der Waals surface area contributed by atoms with Crippen LogP contribution in [0.25, 0.3) is 0 Å². The minimum atomic E-state index is -4.61. The van der Waals surface area contributed by atoms with E-state index in [1.807, 2.05) is 32.0 Å². The Balaban J connectivity index is 1.95. The summed E-state index contributed by atoms with van der Waals surface area (Å²) in [7, 11) is 0. The average molecular weight is 411 g/mol. The number of benzene rings is 2. The fraction of sp³-hybridized carbons (Fsp3) is 0.227. The molecule has 0 saturated carbocycles. The molecule has 0 unspecified atom stereocenters. The molecule has 0 bridgehead atoms. The lowest BCUT2D eigenvalue weighted by molar-refractivity contribution is -0.137. The van der Waals surface area contributed by atoms with Gasteiger partial charge in [0.05, 0.1) is 11.6 Å². The molecule has 1 aromatic heterocycles. The first-order chi connectivity index (χ1) is 14.3. The van der Waals surface area contributed by atoms with Crippen molar-refractivity contribution in [1.82, 2.24) is 9.97 Å². The zero-order chi connectivity index (χ0) is 21.7. The van der Waals surface area contributed by atoms with Gasteiger partial charge in [-0.05, 0) is 48.2 Å². The Labute approximate surface area is 172 Å². The summed E-state index contributed by atoms with van der Waals surface area (Å²) in [6.07, 6.45) is -3.14. The maximum atomic E-state index is 13.5. The maximum Gasteiger partial charge on any atom is 0.421 e. The largest absolute Gasteiger partial charge is 0.421 e. The van der Waals surface area contributed by atoms with Gasteiger partial charge in [-0.3, -0.25) is 0 Å². The Hall–Kier alpha value is -3.60. The van der Waals surface area contributed by atoms with Gasteiger partial charge < -0.3 is 10.6 Å². The fourth-order valence-electron chi connectivity index (χ4n) is 2.89. The van der Waals surface area contributed by atoms with Gasteiger partial charge in [0.15, 0.2) is 0 Å². The van der Waals surface area contributed by atoms with Crippen LogP contribution in [-0.2, 0) is 12.6 Å². The number of alkyl halides is 3. The number of nitrogens with zero attached hydrogens (tertiary/aromatic N) is 3. The number of nitriles is 1. The van der Waals surface area contributed by atoms with E-state index in [4.69, 9.17) is 5.26 Å². The van der Waals surface area contributed by atoms with Crippen LogP contribution in [0.3, 0.4) is 0 Å². The van der Waals surface area contributed by atoms with Crippen LogP contribution in [-0.4, -0.2) is 9.97 Å². The zero-order valence-electron chi connectivity index (χ0n) is 16.5. The van der Waals surface area contributed by atoms with E-state index in [2.05, 4.69) is 20.6 Å². The van der Waals surface area contributed by atoms with E-state index in [9.17, 15) is 13.2 Å². The van der Waals surface area contributed by atoms with Gasteiger partial charge in [-0.25, -0.2) is 4.98 Å². The number of para-hydroxylation sites is 1. The fourth-order valence-corrected chi connectivity index (χ4v) is 2.89. The number of hydrogen-bond donors (Lipinski definition) is 2. The third-order valence-corrected chi connectivity index (χ3v) is 4.26. The predicted molar refractivity (Wildman–Crippen MR) is 110 cm³/mol. The van der Waals surface area contributed by atoms with Crippen LogP contribution in [0.1, 0.15) is 30.5 Å². The second kappa shape index (κ2) is 8.82. The van der Waals surface area contributed by atoms with Gasteiger partial charge in [-0.2, -0.15) is 23.4 Å². The Morgan fingerprint density at radius 3 is 2.37 bits per heavy atom. The number of nitrogens with one attached hydrogen (secondary N) is 2. The summed E-state index contributed by atoms with van der Waals surface area (Å²) in [4.78, 5) is 7.88. The van der Waals surface area contributed by atoms with Crippen molar-refractivity contribution in [3.05, 3.63) is 71.4 Å². The standard InChI is InChI=1S/C22H20F3N5/c1-14(2)11-16-5-3-4-6-19(16)29-20-18(22(23,24)25)13-27-21(30-20)28-17-9-7-15(12-26)8-10-17/h3-10,13-14H,11H2,1-2H3,(H2,27,28,29,30). The molecule has 0 aliphatic carbocycles. The summed E-state index contributed by atoms with van der Waals surface area (Å²) in [6.45, 7) is 4.09. The van der Waals surface area contributed by atoms with Gasteiger partial charge in [0.25, 0.3) is 0 Å². The molecule has 1 heterocycles. The Bertz CT molecular complexity index is 1050. The minimum absolute atomic E-state index is 0.0107. The maximum absolute atomic E-state index is 13.5. The molecule has 0 atom stereocenters. The molecule has 0 aliphatic rings. The van der Waals surface area contributed by atoms with Gasteiger partial charge in [0, 0.05) is 17.6 Å². The van der Waals surface area contributed by atoms with Crippen LogP contribution in [0, 0.1) is 17.2 Å². The topological polar surface area (TPSA) is 73.6 Å². The monoisotopic (exact) mass is 411 g/mol. The molecule has 2 N–H and O–H groups in total. The first-order valence-electron chi connectivity index (χ1n) is 9.32. The lowest BCUT2D eigenvalue weighted by Crippen LogP contribution is -2.13. The molecule has 0 aliphatic heterocycles. The zero-order valence-corrected chi connectivity index (χ0v) is 16.5. The van der Waals surface area contributed by atoms with Crippen molar-refractivity contribution in [3.63, 3.8) is 0 Å². The lowest BCUT2D eigenvalue weighted by Gasteiger charge is -2.17. The Kier molecular flexibility index (Phi) is 6.21. The summed E-state index contributed by atoms with van der Waals surface area (Å²) < 4.78 is 40.6. The van der Waals surface area contributed by atoms with E-state index >= 15 is 0 Å². The van der Waals surface area contributed by atoms with E-state index in [1.165, 1.54) is 0 Å². The van der Waals surface area contributed by atoms with Crippen LogP contribution in [0.2, 0.25) is 0 Å². The molecule has 0 fully saturated rings. The second-order valence-electron chi connectivity index (χ2n) is 7.15. The predicted octanol–water partition coefficient (Wildman–Crippen LogP) is 6.05. The number of rotatable bonds is 6. The van der Waals surface area contributed by atoms with Crippen molar-refractivity contribution in [2.24, 2.45) is 5.92 Å². The first-order valence-corrected chi connectivity index (χ1v) is 9.32. The highest BCUT2D eigenvalue weighted by atomic mass is 19.4. The third-order valence-electron chi connectivity index (χ3n) is 4.26. The minimum Gasteiger partial charge on any atom is -0.339 e. The van der Waals surface area contributed by atoms with E-state index in [1.54, 1.807) is 36.4 Å². The number of anilines is 4. The molecular weight excluding hydrogens is 391 g/mol. The van der Waals surface area contributed by atoms with Gasteiger partial charge in [-0.1, -0.05) is 32.0 Å². The molecule has 154 valence electrons. The van der Waals surface area contributed by atoms with Crippen molar-refractivity contribution in [3.8, 4) is 6.07 Å². The van der Waals surface area contributed by atoms with Gasteiger partial charge >= 0.3 is 6.18 Å². The molecule has 30 heavy (non-hydrogen) atoms. The molecule has 0 spiro atoms. The van der Waals surface area contributed by atoms with Crippen molar-refractivity contribution in [1.29, 1.82) is 5.26 Å². The normalized spacial score (nSPS) is 11.2. The lowest BCUT2D eigenvalue weighted by atomic mass is 10.0. The highest BCUT2D eigenvalue weighted by Gasteiger charge is 2.35. The average Bonchev–Trinajstić information content (AvgIpc) is 2.69. The quantitative estimate of drug-likeness (QED) is 0.516. The Morgan fingerprint density at radius 2 is 1.73 bits per heavy atom. The van der Waals surface area contributed by atoms with E-state index in [0.29, 0.717) is 29.3 Å². The molecule has 5 nitrogen and oxygen atoms in total. The summed E-state index contributed by atoms with van der Waals surface area (Å²) in [5.74, 6) is 0.0236. The molecule has 0 amide bonds.